The number of imidazole rings is 1. The van der Waals surface area contributed by atoms with Gasteiger partial charge in [-0.05, 0) is 20.8 Å². The van der Waals surface area contributed by atoms with Crippen LogP contribution in [0.25, 0.3) is 16.9 Å². The lowest BCUT2D eigenvalue weighted by atomic mass is 10.2. The van der Waals surface area contributed by atoms with Gasteiger partial charge in [0.05, 0.1) is 18.9 Å². The van der Waals surface area contributed by atoms with E-state index in [2.05, 4.69) is 19.9 Å². The predicted octanol–water partition coefficient (Wildman–Crippen LogP) is 1.30. The van der Waals surface area contributed by atoms with Gasteiger partial charge in [0.1, 0.15) is 11.3 Å². The Morgan fingerprint density at radius 1 is 0.946 bits per heavy atom. The molecule has 0 aromatic carbocycles. The van der Waals surface area contributed by atoms with Gasteiger partial charge in [-0.3, -0.25) is 4.79 Å². The van der Waals surface area contributed by atoms with Crippen molar-refractivity contribution in [3.05, 3.63) is 30.5 Å². The maximum atomic E-state index is 13.4. The Balaban J connectivity index is 1.40. The predicted molar refractivity (Wildman–Crippen MR) is 135 cm³/mol. The number of morpholine rings is 1. The molecule has 2 N–H and O–H groups in total. The number of rotatable bonds is 3. The molecule has 5 rings (SSSR count). The maximum Gasteiger partial charge on any atom is 0.410 e. The lowest BCUT2D eigenvalue weighted by Crippen LogP contribution is -2.51. The number of nitrogen functional groups attached to an aromatic ring is 1. The first-order valence-electron chi connectivity index (χ1n) is 12.3. The molecule has 2 saturated heterocycles. The molecule has 2 aliphatic rings. The van der Waals surface area contributed by atoms with Gasteiger partial charge in [0, 0.05) is 69.6 Å². The van der Waals surface area contributed by atoms with Crippen LogP contribution >= 0.6 is 0 Å². The molecule has 13 nitrogen and oxygen atoms in total. The van der Waals surface area contributed by atoms with Gasteiger partial charge in [-0.1, -0.05) is 0 Å². The molecule has 3 aromatic heterocycles. The van der Waals surface area contributed by atoms with E-state index in [4.69, 9.17) is 20.2 Å². The fourth-order valence-corrected chi connectivity index (χ4v) is 4.26. The lowest BCUT2D eigenvalue weighted by molar-refractivity contribution is 0.0140. The summed E-state index contributed by atoms with van der Waals surface area (Å²) >= 11 is 0. The monoisotopic (exact) mass is 509 g/mol. The molecule has 2 aliphatic heterocycles. The first-order chi connectivity index (χ1) is 17.7. The van der Waals surface area contributed by atoms with Crippen molar-refractivity contribution in [2.45, 2.75) is 26.4 Å². The summed E-state index contributed by atoms with van der Waals surface area (Å²) in [4.78, 5) is 48.9. The third-order valence-electron chi connectivity index (χ3n) is 6.14. The van der Waals surface area contributed by atoms with Gasteiger partial charge in [0.15, 0.2) is 11.5 Å². The minimum Gasteiger partial charge on any atom is -0.444 e. The van der Waals surface area contributed by atoms with Crippen molar-refractivity contribution >= 4 is 29.4 Å². The molecule has 0 radical (unpaired) electrons. The van der Waals surface area contributed by atoms with Gasteiger partial charge < -0.3 is 34.3 Å². The van der Waals surface area contributed by atoms with Crippen molar-refractivity contribution < 1.29 is 19.1 Å². The van der Waals surface area contributed by atoms with Gasteiger partial charge in [-0.15, -0.1) is 0 Å². The van der Waals surface area contributed by atoms with Crippen LogP contribution in [-0.4, -0.2) is 104 Å². The molecule has 2 fully saturated rings. The highest BCUT2D eigenvalue weighted by Gasteiger charge is 2.29. The second-order valence-corrected chi connectivity index (χ2v) is 10.00. The van der Waals surface area contributed by atoms with E-state index >= 15 is 0 Å². The fraction of sp³-hybridized carbons (Fsp3) is 0.500. The third-order valence-corrected chi connectivity index (χ3v) is 6.14. The summed E-state index contributed by atoms with van der Waals surface area (Å²) in [6.45, 7) is 9.57. The van der Waals surface area contributed by atoms with Crippen LogP contribution in [0.3, 0.4) is 0 Å². The van der Waals surface area contributed by atoms with Crippen molar-refractivity contribution in [2.24, 2.45) is 0 Å². The van der Waals surface area contributed by atoms with Gasteiger partial charge in [-0.2, -0.15) is 0 Å². The average molecular weight is 510 g/mol. The van der Waals surface area contributed by atoms with E-state index in [1.54, 1.807) is 34.6 Å². The number of carbonyl (C=O) groups is 2. The molecule has 0 aliphatic carbocycles. The second kappa shape index (κ2) is 9.81. The Hall–Kier alpha value is -4.00. The summed E-state index contributed by atoms with van der Waals surface area (Å²) in [5.41, 5.74) is 7.31. The van der Waals surface area contributed by atoms with Crippen LogP contribution in [0.5, 0.6) is 0 Å². The Labute approximate surface area is 214 Å². The quantitative estimate of drug-likeness (QED) is 0.548. The summed E-state index contributed by atoms with van der Waals surface area (Å²) in [7, 11) is 0. The summed E-state index contributed by atoms with van der Waals surface area (Å²) < 4.78 is 12.8. The number of hydrogen-bond donors (Lipinski definition) is 1. The van der Waals surface area contributed by atoms with Gasteiger partial charge in [-0.25, -0.2) is 24.7 Å². The van der Waals surface area contributed by atoms with E-state index < -0.39 is 5.60 Å². The number of aromatic nitrogens is 5. The van der Waals surface area contributed by atoms with Crippen molar-refractivity contribution in [1.29, 1.82) is 0 Å². The van der Waals surface area contributed by atoms with Crippen LogP contribution in [-0.2, 0) is 9.47 Å². The van der Waals surface area contributed by atoms with Crippen molar-refractivity contribution in [3.63, 3.8) is 0 Å². The highest BCUT2D eigenvalue weighted by Crippen LogP contribution is 2.26. The highest BCUT2D eigenvalue weighted by atomic mass is 16.6. The zero-order valence-electron chi connectivity index (χ0n) is 21.3. The van der Waals surface area contributed by atoms with E-state index in [-0.39, 0.29) is 17.9 Å². The first kappa shape index (κ1) is 24.7. The molecule has 37 heavy (non-hydrogen) atoms. The smallest absolute Gasteiger partial charge is 0.410 e. The molecular weight excluding hydrogens is 478 g/mol. The minimum atomic E-state index is -0.565. The van der Waals surface area contributed by atoms with Crippen molar-refractivity contribution in [3.8, 4) is 11.3 Å². The number of anilines is 2. The Kier molecular flexibility index (Phi) is 6.54. The number of hydrogen-bond acceptors (Lipinski definition) is 10. The average Bonchev–Trinajstić information content (AvgIpc) is 3.32. The zero-order chi connectivity index (χ0) is 26.2. The summed E-state index contributed by atoms with van der Waals surface area (Å²) in [5.74, 6) is 0.643. The molecule has 5 heterocycles. The number of amides is 2. The zero-order valence-corrected chi connectivity index (χ0v) is 21.3. The molecule has 13 heteroatoms. The van der Waals surface area contributed by atoms with Crippen molar-refractivity contribution in [1.82, 2.24) is 34.1 Å². The standard InChI is InChI=1S/C24H31N9O4/c1-24(2,3)37-23(35)32-6-4-31(5-7-32)21(34)18-15-33-14-17(16-12-26-22(25)27-13-16)28-19(20(33)29-18)30-8-10-36-11-9-30/h12-15H,4-11H2,1-3H3,(H2,25,26,27). The van der Waals surface area contributed by atoms with Gasteiger partial charge in [0.25, 0.3) is 5.91 Å². The number of piperazine rings is 1. The van der Waals surface area contributed by atoms with Crippen LogP contribution in [0.4, 0.5) is 16.6 Å². The van der Waals surface area contributed by atoms with E-state index in [1.807, 2.05) is 25.2 Å². The molecule has 0 atom stereocenters. The lowest BCUT2D eigenvalue weighted by Gasteiger charge is -2.35. The molecule has 0 spiro atoms. The number of nitrogens with two attached hydrogens (primary N) is 1. The highest BCUT2D eigenvalue weighted by molar-refractivity contribution is 5.93. The van der Waals surface area contributed by atoms with Crippen LogP contribution in [0.2, 0.25) is 0 Å². The number of nitrogens with zero attached hydrogens (tertiary/aromatic N) is 8. The van der Waals surface area contributed by atoms with Crippen LogP contribution in [0, 0.1) is 0 Å². The number of fused-ring (bicyclic) bond motifs is 1. The Bertz CT molecular complexity index is 1290. The molecule has 0 bridgehead atoms. The normalized spacial score (nSPS) is 16.8. The van der Waals surface area contributed by atoms with E-state index in [1.165, 1.54) is 0 Å². The SMILES string of the molecule is CC(C)(C)OC(=O)N1CCN(C(=O)c2cn3cc(-c4cnc(N)nc4)nc(N4CCOCC4)c3n2)CC1. The van der Waals surface area contributed by atoms with Gasteiger partial charge >= 0.3 is 6.09 Å². The van der Waals surface area contributed by atoms with Crippen LogP contribution in [0.1, 0.15) is 31.3 Å². The van der Waals surface area contributed by atoms with E-state index in [0.29, 0.717) is 80.9 Å². The van der Waals surface area contributed by atoms with E-state index in [9.17, 15) is 9.59 Å². The number of ether oxygens (including phenoxy) is 2. The molecule has 0 unspecified atom stereocenters. The number of carbonyl (C=O) groups excluding carboxylic acids is 2. The fourth-order valence-electron chi connectivity index (χ4n) is 4.26. The molecular formula is C24H31N9O4. The Morgan fingerprint density at radius 2 is 1.59 bits per heavy atom. The molecule has 2 amide bonds. The first-order valence-corrected chi connectivity index (χ1v) is 12.3. The van der Waals surface area contributed by atoms with Crippen molar-refractivity contribution in [2.75, 3.05) is 63.1 Å². The third kappa shape index (κ3) is 5.40. The Morgan fingerprint density at radius 3 is 2.24 bits per heavy atom. The van der Waals surface area contributed by atoms with Crippen LogP contribution in [0.15, 0.2) is 24.8 Å². The molecule has 3 aromatic rings. The van der Waals surface area contributed by atoms with Crippen LogP contribution < -0.4 is 10.6 Å². The minimum absolute atomic E-state index is 0.181. The summed E-state index contributed by atoms with van der Waals surface area (Å²) in [6, 6.07) is 0. The largest absolute Gasteiger partial charge is 0.444 e. The summed E-state index contributed by atoms with van der Waals surface area (Å²) in [5, 5.41) is 0. The molecule has 0 saturated carbocycles. The van der Waals surface area contributed by atoms with Gasteiger partial charge in [0.2, 0.25) is 5.95 Å². The second-order valence-electron chi connectivity index (χ2n) is 10.00. The summed E-state index contributed by atoms with van der Waals surface area (Å²) in [6.07, 6.45) is 6.39. The topological polar surface area (TPSA) is 144 Å². The van der Waals surface area contributed by atoms with E-state index in [0.717, 1.165) is 0 Å². The molecule has 196 valence electrons. The maximum absolute atomic E-state index is 13.4.